The molecule has 2 aromatic heterocycles. The third kappa shape index (κ3) is 4.79. The second kappa shape index (κ2) is 9.01. The minimum absolute atomic E-state index is 0.145. The van der Waals surface area contributed by atoms with E-state index in [4.69, 9.17) is 8.94 Å². The highest BCUT2D eigenvalue weighted by atomic mass is 16.5. The van der Waals surface area contributed by atoms with E-state index < -0.39 is 0 Å². The lowest BCUT2D eigenvalue weighted by Gasteiger charge is -2.21. The molecule has 29 heavy (non-hydrogen) atoms. The molecule has 1 amide bonds. The first-order valence-electron chi connectivity index (χ1n) is 9.54. The van der Waals surface area contributed by atoms with Crippen LogP contribution in [0.15, 0.2) is 88.0 Å². The first-order valence-corrected chi connectivity index (χ1v) is 9.54. The molecule has 0 saturated heterocycles. The maximum Gasteiger partial charge on any atom is 0.289 e. The van der Waals surface area contributed by atoms with E-state index in [1.165, 1.54) is 11.8 Å². The third-order valence-electron chi connectivity index (χ3n) is 4.63. The van der Waals surface area contributed by atoms with Crippen LogP contribution in [0.2, 0.25) is 0 Å². The van der Waals surface area contributed by atoms with Crippen LogP contribution in [0.1, 0.15) is 22.0 Å². The fraction of sp³-hybridized carbons (Fsp3) is 0.174. The van der Waals surface area contributed by atoms with Crippen LogP contribution in [0, 0.1) is 0 Å². The zero-order chi connectivity index (χ0) is 19.9. The smallest absolute Gasteiger partial charge is 0.289 e. The highest BCUT2D eigenvalue weighted by Gasteiger charge is 2.19. The van der Waals surface area contributed by atoms with Crippen LogP contribution < -0.4 is 0 Å². The minimum Gasteiger partial charge on any atom is -0.459 e. The van der Waals surface area contributed by atoms with Crippen molar-refractivity contribution in [3.05, 3.63) is 96.3 Å². The van der Waals surface area contributed by atoms with Gasteiger partial charge in [-0.3, -0.25) is 4.79 Å². The highest BCUT2D eigenvalue weighted by Crippen LogP contribution is 2.16. The van der Waals surface area contributed by atoms with Gasteiger partial charge < -0.3 is 13.8 Å². The summed E-state index contributed by atoms with van der Waals surface area (Å²) in [6, 6.07) is 23.1. The molecule has 4 rings (SSSR count). The van der Waals surface area contributed by atoms with Crippen molar-refractivity contribution in [1.82, 2.24) is 15.0 Å². The van der Waals surface area contributed by atoms with E-state index >= 15 is 0 Å². The minimum atomic E-state index is -0.145. The second-order valence-corrected chi connectivity index (χ2v) is 6.63. The second-order valence-electron chi connectivity index (χ2n) is 6.63. The molecule has 0 fully saturated rings. The van der Waals surface area contributed by atoms with Gasteiger partial charge in [-0.1, -0.05) is 65.8 Å². The third-order valence-corrected chi connectivity index (χ3v) is 4.63. The predicted octanol–water partition coefficient (Wildman–Crippen LogP) is 4.26. The summed E-state index contributed by atoms with van der Waals surface area (Å²) in [5, 5.41) is 4.04. The average molecular weight is 387 g/mol. The van der Waals surface area contributed by atoms with Crippen molar-refractivity contribution in [1.29, 1.82) is 0 Å². The van der Waals surface area contributed by atoms with E-state index in [-0.39, 0.29) is 5.91 Å². The molecule has 6 heteroatoms. The van der Waals surface area contributed by atoms with Gasteiger partial charge in [0.1, 0.15) is 0 Å². The fourth-order valence-corrected chi connectivity index (χ4v) is 3.07. The zero-order valence-electron chi connectivity index (χ0n) is 15.9. The quantitative estimate of drug-likeness (QED) is 0.452. The average Bonchev–Trinajstić information content (AvgIpc) is 3.47. The van der Waals surface area contributed by atoms with Gasteiger partial charge in [-0.25, -0.2) is 0 Å². The van der Waals surface area contributed by atoms with Gasteiger partial charge >= 0.3 is 0 Å². The van der Waals surface area contributed by atoms with Crippen molar-refractivity contribution >= 4 is 5.91 Å². The number of nitrogens with zero attached hydrogens (tertiary/aromatic N) is 3. The van der Waals surface area contributed by atoms with Gasteiger partial charge in [0, 0.05) is 25.1 Å². The molecule has 0 N–H and O–H groups in total. The maximum absolute atomic E-state index is 12.8. The van der Waals surface area contributed by atoms with Gasteiger partial charge in [0.05, 0.1) is 6.26 Å². The van der Waals surface area contributed by atoms with Crippen LogP contribution >= 0.6 is 0 Å². The van der Waals surface area contributed by atoms with Gasteiger partial charge in [0.2, 0.25) is 11.7 Å². The molecule has 0 atom stereocenters. The number of amides is 1. The van der Waals surface area contributed by atoms with Crippen molar-refractivity contribution in [2.24, 2.45) is 0 Å². The molecule has 0 aliphatic carbocycles. The summed E-state index contributed by atoms with van der Waals surface area (Å²) in [6.45, 7) is 1.03. The number of aromatic nitrogens is 2. The van der Waals surface area contributed by atoms with Crippen LogP contribution in [0.3, 0.4) is 0 Å². The van der Waals surface area contributed by atoms with E-state index in [2.05, 4.69) is 22.3 Å². The van der Waals surface area contributed by atoms with Crippen molar-refractivity contribution < 1.29 is 13.7 Å². The molecule has 2 heterocycles. The first-order chi connectivity index (χ1) is 14.3. The largest absolute Gasteiger partial charge is 0.459 e. The number of carbonyl (C=O) groups is 1. The molecule has 2 aromatic carbocycles. The van der Waals surface area contributed by atoms with Crippen LogP contribution in [0.4, 0.5) is 0 Å². The van der Waals surface area contributed by atoms with E-state index in [0.717, 1.165) is 12.0 Å². The zero-order valence-corrected chi connectivity index (χ0v) is 15.9. The number of benzene rings is 2. The summed E-state index contributed by atoms with van der Waals surface area (Å²) in [7, 11) is 0. The van der Waals surface area contributed by atoms with Gasteiger partial charge in [-0.15, -0.1) is 0 Å². The molecule has 146 valence electrons. The Morgan fingerprint density at radius 3 is 2.31 bits per heavy atom. The molecule has 6 nitrogen and oxygen atoms in total. The first kappa shape index (κ1) is 18.7. The fourth-order valence-electron chi connectivity index (χ4n) is 3.07. The lowest BCUT2D eigenvalue weighted by molar-refractivity contribution is 0.0724. The van der Waals surface area contributed by atoms with Gasteiger partial charge in [-0.2, -0.15) is 4.98 Å². The molecule has 0 spiro atoms. The summed E-state index contributed by atoms with van der Waals surface area (Å²) in [5.41, 5.74) is 2.07. The summed E-state index contributed by atoms with van der Waals surface area (Å²) in [4.78, 5) is 19.1. The lowest BCUT2D eigenvalue weighted by atomic mass is 10.1. The van der Waals surface area contributed by atoms with Crippen molar-refractivity contribution in [3.63, 3.8) is 0 Å². The Morgan fingerprint density at radius 2 is 1.59 bits per heavy atom. The normalized spacial score (nSPS) is 10.8. The SMILES string of the molecule is O=C(c1ccco1)N(CCc1ccccc1)CCc1nc(-c2ccccc2)no1. The Balaban J connectivity index is 1.43. The van der Waals surface area contributed by atoms with Gasteiger partial charge in [0.25, 0.3) is 5.91 Å². The summed E-state index contributed by atoms with van der Waals surface area (Å²) < 4.78 is 10.7. The van der Waals surface area contributed by atoms with Crippen molar-refractivity contribution in [2.45, 2.75) is 12.8 Å². The Bertz CT molecular complexity index is 1030. The summed E-state index contributed by atoms with van der Waals surface area (Å²) >= 11 is 0. The molecular weight excluding hydrogens is 366 g/mol. The van der Waals surface area contributed by atoms with Gasteiger partial charge in [-0.05, 0) is 24.1 Å². The highest BCUT2D eigenvalue weighted by molar-refractivity contribution is 5.91. The van der Waals surface area contributed by atoms with E-state index in [9.17, 15) is 4.79 Å². The van der Waals surface area contributed by atoms with Crippen molar-refractivity contribution in [3.8, 4) is 11.4 Å². The molecule has 0 radical (unpaired) electrons. The molecule has 0 aliphatic rings. The number of hydrogen-bond donors (Lipinski definition) is 0. The number of furan rings is 1. The molecule has 0 aliphatic heterocycles. The van der Waals surface area contributed by atoms with Crippen LogP contribution in [0.5, 0.6) is 0 Å². The van der Waals surface area contributed by atoms with Crippen molar-refractivity contribution in [2.75, 3.05) is 13.1 Å². The monoisotopic (exact) mass is 387 g/mol. The van der Waals surface area contributed by atoms with E-state index in [0.29, 0.717) is 37.0 Å². The van der Waals surface area contributed by atoms with E-state index in [1.54, 1.807) is 17.0 Å². The molecule has 0 unspecified atom stereocenters. The van der Waals surface area contributed by atoms with Crippen LogP contribution in [-0.4, -0.2) is 34.0 Å². The Kier molecular flexibility index (Phi) is 5.81. The van der Waals surface area contributed by atoms with E-state index in [1.807, 2.05) is 48.5 Å². The topological polar surface area (TPSA) is 72.4 Å². The van der Waals surface area contributed by atoms with Crippen LogP contribution in [-0.2, 0) is 12.8 Å². The summed E-state index contributed by atoms with van der Waals surface area (Å²) in [5.74, 6) is 1.23. The molecular formula is C23H21N3O3. The molecule has 0 bridgehead atoms. The predicted molar refractivity (Wildman–Crippen MR) is 108 cm³/mol. The molecule has 4 aromatic rings. The van der Waals surface area contributed by atoms with Crippen LogP contribution in [0.25, 0.3) is 11.4 Å². The number of rotatable bonds is 8. The number of hydrogen-bond acceptors (Lipinski definition) is 5. The van der Waals surface area contributed by atoms with Gasteiger partial charge in [0.15, 0.2) is 5.76 Å². The Labute approximate surface area is 168 Å². The maximum atomic E-state index is 12.8. The standard InChI is InChI=1S/C23H21N3O3/c27-23(20-12-7-17-28-20)26(15-13-18-8-3-1-4-9-18)16-14-21-24-22(25-29-21)19-10-5-2-6-11-19/h1-12,17H,13-16H2. The summed E-state index contributed by atoms with van der Waals surface area (Å²) in [6.07, 6.45) is 2.74. The Hall–Kier alpha value is -3.67. The Morgan fingerprint density at radius 1 is 0.862 bits per heavy atom. The lowest BCUT2D eigenvalue weighted by Crippen LogP contribution is -2.34. The number of carbonyl (C=O) groups excluding carboxylic acids is 1. The molecule has 0 saturated carbocycles.